The van der Waals surface area contributed by atoms with Crippen LogP contribution in [0.2, 0.25) is 0 Å². The van der Waals surface area contributed by atoms with Crippen LogP contribution in [0.5, 0.6) is 23.0 Å². The Bertz CT molecular complexity index is 1610. The number of aromatic nitrogens is 2. The molecule has 2 aromatic carbocycles. The van der Waals surface area contributed by atoms with Gasteiger partial charge in [0.05, 0.1) is 16.7 Å². The second-order valence-corrected chi connectivity index (χ2v) is 9.95. The van der Waals surface area contributed by atoms with Gasteiger partial charge in [0.1, 0.15) is 6.20 Å². The molecule has 4 heterocycles. The molecule has 40 heavy (non-hydrogen) atoms. The minimum atomic E-state index is -0.620. The number of nitro groups is 1. The molecule has 0 radical (unpaired) electrons. The highest BCUT2D eigenvalue weighted by molar-refractivity contribution is 6.09. The largest absolute Gasteiger partial charge is 0.454 e. The highest BCUT2D eigenvalue weighted by Crippen LogP contribution is 2.47. The van der Waals surface area contributed by atoms with E-state index in [2.05, 4.69) is 11.2 Å². The number of hydrogen-bond donors (Lipinski definition) is 0. The van der Waals surface area contributed by atoms with Crippen LogP contribution >= 0.6 is 0 Å². The van der Waals surface area contributed by atoms with Crippen molar-refractivity contribution in [1.29, 1.82) is 0 Å². The van der Waals surface area contributed by atoms with E-state index in [-0.39, 0.29) is 30.9 Å². The summed E-state index contributed by atoms with van der Waals surface area (Å²) in [5.74, 6) is 1.87. The van der Waals surface area contributed by atoms with E-state index in [0.717, 1.165) is 41.7 Å². The van der Waals surface area contributed by atoms with E-state index in [4.69, 9.17) is 24.0 Å². The number of ether oxygens (including phenoxy) is 4. The lowest BCUT2D eigenvalue weighted by Crippen LogP contribution is -2.32. The summed E-state index contributed by atoms with van der Waals surface area (Å²) >= 11 is 0. The van der Waals surface area contributed by atoms with E-state index in [1.54, 1.807) is 6.92 Å². The maximum absolute atomic E-state index is 14.0. The van der Waals surface area contributed by atoms with Crippen LogP contribution in [-0.4, -0.2) is 44.9 Å². The van der Waals surface area contributed by atoms with Gasteiger partial charge in [-0.25, -0.2) is 5.01 Å². The second-order valence-electron chi connectivity index (χ2n) is 9.95. The molecule has 2 atom stereocenters. The quantitative estimate of drug-likeness (QED) is 0.334. The summed E-state index contributed by atoms with van der Waals surface area (Å²) in [7, 11) is 0. The molecular formula is C28H25N5O7. The molecule has 1 amide bonds. The van der Waals surface area contributed by atoms with Crippen LogP contribution in [0, 0.1) is 16.0 Å². The number of carbonyl (C=O) groups is 1. The lowest BCUT2D eigenvalue weighted by Gasteiger charge is -2.29. The summed E-state index contributed by atoms with van der Waals surface area (Å²) in [5, 5.41) is 22.3. The summed E-state index contributed by atoms with van der Waals surface area (Å²) in [6, 6.07) is 10.8. The van der Waals surface area contributed by atoms with Crippen molar-refractivity contribution in [2.75, 3.05) is 13.6 Å². The highest BCUT2D eigenvalue weighted by Gasteiger charge is 2.46. The normalized spacial score (nSPS) is 21.5. The summed E-state index contributed by atoms with van der Waals surface area (Å²) < 4.78 is 23.5. The van der Waals surface area contributed by atoms with Crippen molar-refractivity contribution in [3.63, 3.8) is 0 Å². The molecule has 12 heteroatoms. The topological polar surface area (TPSA) is 131 Å². The number of fused-ring (bicyclic) bond motifs is 3. The molecule has 1 aliphatic carbocycles. The van der Waals surface area contributed by atoms with Crippen LogP contribution in [0.15, 0.2) is 53.3 Å². The van der Waals surface area contributed by atoms with E-state index in [0.29, 0.717) is 29.5 Å². The predicted octanol–water partition coefficient (Wildman–Crippen LogP) is 4.71. The van der Waals surface area contributed by atoms with Crippen molar-refractivity contribution in [3.05, 3.63) is 75.1 Å². The maximum Gasteiger partial charge on any atom is 0.320 e. The lowest BCUT2D eigenvalue weighted by atomic mass is 9.77. The molecule has 3 aromatic rings. The van der Waals surface area contributed by atoms with Crippen LogP contribution in [0.25, 0.3) is 6.08 Å². The minimum Gasteiger partial charge on any atom is -0.454 e. The fraction of sp³-hybridized carbons (Fsp3) is 0.321. The van der Waals surface area contributed by atoms with Gasteiger partial charge in [0, 0.05) is 12.5 Å². The number of hydrazone groups is 1. The van der Waals surface area contributed by atoms with E-state index in [9.17, 15) is 14.9 Å². The van der Waals surface area contributed by atoms with E-state index in [1.807, 2.05) is 36.4 Å². The van der Waals surface area contributed by atoms with Crippen LogP contribution in [0.3, 0.4) is 0 Å². The van der Waals surface area contributed by atoms with Crippen LogP contribution < -0.4 is 18.9 Å². The standard InChI is InChI=1S/C28H25N5O7/c1-2-31-13-20(33(35)36)26(29-31)28(34)32-27(18-7-9-22-24(12-18)40-15-38-22)19-5-3-4-17(25(19)30-32)10-16-6-8-21-23(11-16)39-14-37-21/h6-13,19,27H,2-5,14-15H2,1H3/b17-10+/t19-,27-/m1/s1. The predicted molar refractivity (Wildman–Crippen MR) is 141 cm³/mol. The van der Waals surface area contributed by atoms with Crippen molar-refractivity contribution in [3.8, 4) is 23.0 Å². The molecule has 7 rings (SSSR count). The molecule has 3 aliphatic heterocycles. The highest BCUT2D eigenvalue weighted by atomic mass is 16.7. The zero-order chi connectivity index (χ0) is 27.4. The smallest absolute Gasteiger partial charge is 0.320 e. The average molecular weight is 544 g/mol. The molecule has 0 N–H and O–H groups in total. The summed E-state index contributed by atoms with van der Waals surface area (Å²) in [4.78, 5) is 25.2. The van der Waals surface area contributed by atoms with Gasteiger partial charge in [0.25, 0.3) is 0 Å². The molecule has 0 spiro atoms. The Balaban J connectivity index is 1.32. The van der Waals surface area contributed by atoms with E-state index < -0.39 is 16.9 Å². The van der Waals surface area contributed by atoms with Gasteiger partial charge in [0.15, 0.2) is 23.0 Å². The van der Waals surface area contributed by atoms with Gasteiger partial charge in [-0.3, -0.25) is 19.6 Å². The van der Waals surface area contributed by atoms with E-state index in [1.165, 1.54) is 15.9 Å². The number of rotatable bonds is 5. The molecular weight excluding hydrogens is 518 g/mol. The van der Waals surface area contributed by atoms with Gasteiger partial charge < -0.3 is 18.9 Å². The van der Waals surface area contributed by atoms with Crippen molar-refractivity contribution >= 4 is 23.4 Å². The SMILES string of the molecule is CCn1cc([N+](=O)[O-])c(C(=O)N2N=C3/C(=C/c4ccc5c(c4)OCO5)CCC[C@H]3[C@H]2c2ccc3c(c2)OCO3)n1. The number of benzene rings is 2. The average Bonchev–Trinajstić information content (AvgIpc) is 3.76. The number of amides is 1. The minimum absolute atomic E-state index is 0.120. The molecule has 0 unspecified atom stereocenters. The molecule has 0 bridgehead atoms. The Kier molecular flexibility index (Phi) is 5.68. The van der Waals surface area contributed by atoms with Crippen molar-refractivity contribution in [2.24, 2.45) is 11.0 Å². The van der Waals surface area contributed by atoms with Crippen LogP contribution in [0.4, 0.5) is 5.69 Å². The zero-order valence-electron chi connectivity index (χ0n) is 21.6. The van der Waals surface area contributed by atoms with Gasteiger partial charge in [-0.15, -0.1) is 0 Å². The maximum atomic E-state index is 14.0. The van der Waals surface area contributed by atoms with Gasteiger partial charge >= 0.3 is 11.6 Å². The number of aryl methyl sites for hydroxylation is 1. The van der Waals surface area contributed by atoms with Crippen LogP contribution in [-0.2, 0) is 6.54 Å². The summed E-state index contributed by atoms with van der Waals surface area (Å²) in [6.45, 7) is 2.51. The molecule has 12 nitrogen and oxygen atoms in total. The molecule has 0 saturated heterocycles. The Morgan fingerprint density at radius 3 is 2.55 bits per heavy atom. The van der Waals surface area contributed by atoms with Crippen LogP contribution in [0.1, 0.15) is 53.8 Å². The lowest BCUT2D eigenvalue weighted by molar-refractivity contribution is -0.385. The number of carbonyl (C=O) groups excluding carboxylic acids is 1. The second kappa shape index (κ2) is 9.40. The third kappa shape index (κ3) is 3.94. The van der Waals surface area contributed by atoms with Crippen molar-refractivity contribution < 1.29 is 28.7 Å². The monoisotopic (exact) mass is 543 g/mol. The Labute approximate surface area is 228 Å². The fourth-order valence-electron chi connectivity index (χ4n) is 5.77. The molecule has 1 saturated carbocycles. The number of nitrogens with zero attached hydrogens (tertiary/aromatic N) is 5. The number of hydrogen-bond acceptors (Lipinski definition) is 9. The van der Waals surface area contributed by atoms with E-state index >= 15 is 0 Å². The number of allylic oxidation sites excluding steroid dienone is 1. The first kappa shape index (κ1) is 24.2. The first-order valence-corrected chi connectivity index (χ1v) is 13.1. The van der Waals surface area contributed by atoms with Gasteiger partial charge in [-0.1, -0.05) is 12.1 Å². The van der Waals surface area contributed by atoms with Gasteiger partial charge in [0.2, 0.25) is 19.3 Å². The van der Waals surface area contributed by atoms with Crippen molar-refractivity contribution in [1.82, 2.24) is 14.8 Å². The van der Waals surface area contributed by atoms with Gasteiger partial charge in [-0.05, 0) is 73.2 Å². The first-order valence-electron chi connectivity index (χ1n) is 13.1. The molecule has 1 aromatic heterocycles. The first-order chi connectivity index (χ1) is 19.5. The molecule has 1 fully saturated rings. The Morgan fingerprint density at radius 1 is 1.07 bits per heavy atom. The third-order valence-corrected chi connectivity index (χ3v) is 7.65. The third-order valence-electron chi connectivity index (χ3n) is 7.65. The van der Waals surface area contributed by atoms with Crippen molar-refractivity contribution in [2.45, 2.75) is 38.8 Å². The summed E-state index contributed by atoms with van der Waals surface area (Å²) in [5.41, 5.74) is 2.96. The van der Waals surface area contributed by atoms with Gasteiger partial charge in [-0.2, -0.15) is 10.2 Å². The Hall–Kier alpha value is -4.87. The fourth-order valence-corrected chi connectivity index (χ4v) is 5.77. The Morgan fingerprint density at radius 2 is 1.80 bits per heavy atom. The zero-order valence-corrected chi connectivity index (χ0v) is 21.6. The summed E-state index contributed by atoms with van der Waals surface area (Å²) in [6.07, 6.45) is 5.82. The molecule has 4 aliphatic rings. The molecule has 204 valence electrons.